The maximum atomic E-state index is 12.7. The molecule has 7 heteroatoms. The summed E-state index contributed by atoms with van der Waals surface area (Å²) in [6.07, 6.45) is 0. The van der Waals surface area contributed by atoms with Crippen molar-refractivity contribution >= 4 is 11.6 Å². The zero-order valence-corrected chi connectivity index (χ0v) is 16.3. The maximum Gasteiger partial charge on any atom is 0.292 e. The van der Waals surface area contributed by atoms with Gasteiger partial charge in [0.25, 0.3) is 11.8 Å². The predicted octanol–water partition coefficient (Wildman–Crippen LogP) is 3.22. The predicted molar refractivity (Wildman–Crippen MR) is 108 cm³/mol. The second-order valence-electron chi connectivity index (χ2n) is 6.78. The van der Waals surface area contributed by atoms with Gasteiger partial charge in [-0.25, -0.2) is 0 Å². The van der Waals surface area contributed by atoms with Gasteiger partial charge < -0.3 is 23.8 Å². The number of hydrogen-bond donors (Lipinski definition) is 0. The van der Waals surface area contributed by atoms with Gasteiger partial charge in [-0.2, -0.15) is 0 Å². The van der Waals surface area contributed by atoms with E-state index in [1.165, 1.54) is 0 Å². The van der Waals surface area contributed by atoms with Crippen molar-refractivity contribution in [2.24, 2.45) is 0 Å². The average molecular weight is 393 g/mol. The molecular formula is C22H23N3O4. The number of piperazine rings is 1. The Morgan fingerprint density at radius 1 is 1.03 bits per heavy atom. The molecule has 1 aromatic heterocycles. The second kappa shape index (κ2) is 8.68. The van der Waals surface area contributed by atoms with E-state index in [1.54, 1.807) is 18.1 Å². The molecule has 29 heavy (non-hydrogen) atoms. The minimum atomic E-state index is -0.169. The molecule has 1 aliphatic rings. The van der Waals surface area contributed by atoms with E-state index in [0.717, 1.165) is 30.1 Å². The van der Waals surface area contributed by atoms with E-state index < -0.39 is 0 Å². The quantitative estimate of drug-likeness (QED) is 0.641. The van der Waals surface area contributed by atoms with Crippen molar-refractivity contribution in [2.75, 3.05) is 38.2 Å². The van der Waals surface area contributed by atoms with Crippen LogP contribution in [0.3, 0.4) is 0 Å². The van der Waals surface area contributed by atoms with Crippen LogP contribution in [-0.2, 0) is 6.61 Å². The highest BCUT2D eigenvalue weighted by Crippen LogP contribution is 2.23. The number of carbonyl (C=O) groups excluding carboxylic acids is 1. The summed E-state index contributed by atoms with van der Waals surface area (Å²) in [5.41, 5.74) is 2.12. The van der Waals surface area contributed by atoms with Gasteiger partial charge in [0.05, 0.1) is 13.2 Å². The maximum absolute atomic E-state index is 12.7. The Morgan fingerprint density at radius 3 is 2.59 bits per heavy atom. The normalized spacial score (nSPS) is 14.0. The van der Waals surface area contributed by atoms with Gasteiger partial charge in [0.15, 0.2) is 0 Å². The van der Waals surface area contributed by atoms with Crippen molar-refractivity contribution in [3.8, 4) is 11.6 Å². The average Bonchev–Trinajstić information content (AvgIpc) is 3.27. The molecule has 4 rings (SSSR count). The zero-order valence-electron chi connectivity index (χ0n) is 16.3. The van der Waals surface area contributed by atoms with E-state index >= 15 is 0 Å². The fourth-order valence-corrected chi connectivity index (χ4v) is 3.29. The van der Waals surface area contributed by atoms with Crippen LogP contribution in [0.15, 0.2) is 65.2 Å². The van der Waals surface area contributed by atoms with Gasteiger partial charge in [0.1, 0.15) is 12.4 Å². The summed E-state index contributed by atoms with van der Waals surface area (Å²) >= 11 is 0. The molecule has 1 amide bonds. The molecule has 0 aliphatic carbocycles. The molecule has 1 aliphatic heterocycles. The third-order valence-electron chi connectivity index (χ3n) is 4.91. The van der Waals surface area contributed by atoms with E-state index in [4.69, 9.17) is 14.0 Å². The number of rotatable bonds is 6. The lowest BCUT2D eigenvalue weighted by molar-refractivity contribution is 0.0704. The van der Waals surface area contributed by atoms with Crippen LogP contribution in [0.2, 0.25) is 0 Å². The SMILES string of the molecule is COc1cccc(N2CCN(C(=O)c3cc(OCc4ccccc4)no3)CC2)c1. The number of nitrogens with zero attached hydrogens (tertiary/aromatic N) is 3. The van der Waals surface area contributed by atoms with Crippen LogP contribution in [0.5, 0.6) is 11.6 Å². The number of benzene rings is 2. The zero-order chi connectivity index (χ0) is 20.1. The van der Waals surface area contributed by atoms with Gasteiger partial charge in [-0.1, -0.05) is 36.4 Å². The third kappa shape index (κ3) is 4.51. The molecule has 0 atom stereocenters. The summed E-state index contributed by atoms with van der Waals surface area (Å²) in [5.74, 6) is 1.16. The van der Waals surface area contributed by atoms with Gasteiger partial charge in [-0.05, 0) is 22.9 Å². The van der Waals surface area contributed by atoms with Crippen LogP contribution in [-0.4, -0.2) is 49.3 Å². The van der Waals surface area contributed by atoms with Crippen LogP contribution in [0.4, 0.5) is 5.69 Å². The summed E-state index contributed by atoms with van der Waals surface area (Å²) in [6, 6.07) is 19.3. The van der Waals surface area contributed by atoms with Crippen molar-refractivity contribution in [2.45, 2.75) is 6.61 Å². The van der Waals surface area contributed by atoms with Gasteiger partial charge in [-0.15, -0.1) is 0 Å². The van der Waals surface area contributed by atoms with Gasteiger partial charge in [0, 0.05) is 37.9 Å². The van der Waals surface area contributed by atoms with Gasteiger partial charge >= 0.3 is 0 Å². The Morgan fingerprint density at radius 2 is 1.83 bits per heavy atom. The lowest BCUT2D eigenvalue weighted by Gasteiger charge is -2.35. The van der Waals surface area contributed by atoms with Crippen LogP contribution < -0.4 is 14.4 Å². The molecule has 0 spiro atoms. The first-order valence-corrected chi connectivity index (χ1v) is 9.54. The number of carbonyl (C=O) groups is 1. The standard InChI is InChI=1S/C22H23N3O4/c1-27-19-9-5-8-18(14-19)24-10-12-25(13-11-24)22(26)20-15-21(23-29-20)28-16-17-6-3-2-4-7-17/h2-9,14-15H,10-13,16H2,1H3. The minimum Gasteiger partial charge on any atom is -0.497 e. The third-order valence-corrected chi connectivity index (χ3v) is 4.91. The molecule has 0 unspecified atom stereocenters. The molecule has 1 saturated heterocycles. The molecule has 1 fully saturated rings. The number of hydrogen-bond acceptors (Lipinski definition) is 6. The van der Waals surface area contributed by atoms with E-state index in [0.29, 0.717) is 25.6 Å². The highest BCUT2D eigenvalue weighted by molar-refractivity contribution is 5.91. The summed E-state index contributed by atoms with van der Waals surface area (Å²) in [6.45, 7) is 3.07. The smallest absolute Gasteiger partial charge is 0.292 e. The number of ether oxygens (including phenoxy) is 2. The minimum absolute atomic E-state index is 0.169. The lowest BCUT2D eigenvalue weighted by Crippen LogP contribution is -2.48. The van der Waals surface area contributed by atoms with Crippen molar-refractivity contribution in [1.29, 1.82) is 0 Å². The molecular weight excluding hydrogens is 370 g/mol. The highest BCUT2D eigenvalue weighted by atomic mass is 16.5. The molecule has 2 aromatic carbocycles. The first-order valence-electron chi connectivity index (χ1n) is 9.54. The monoisotopic (exact) mass is 393 g/mol. The summed E-state index contributed by atoms with van der Waals surface area (Å²) in [7, 11) is 1.66. The fourth-order valence-electron chi connectivity index (χ4n) is 3.29. The molecule has 150 valence electrons. The first-order chi connectivity index (χ1) is 14.2. The first kappa shape index (κ1) is 18.9. The van der Waals surface area contributed by atoms with Crippen molar-refractivity contribution in [1.82, 2.24) is 10.1 Å². The molecule has 0 bridgehead atoms. The van der Waals surface area contributed by atoms with E-state index in [1.807, 2.05) is 54.6 Å². The van der Waals surface area contributed by atoms with Crippen LogP contribution >= 0.6 is 0 Å². The Bertz CT molecular complexity index is 949. The largest absolute Gasteiger partial charge is 0.497 e. The van der Waals surface area contributed by atoms with E-state index in [2.05, 4.69) is 10.1 Å². The van der Waals surface area contributed by atoms with Crippen LogP contribution in [0, 0.1) is 0 Å². The van der Waals surface area contributed by atoms with Gasteiger partial charge in [0.2, 0.25) is 5.76 Å². The topological polar surface area (TPSA) is 68.0 Å². The summed E-state index contributed by atoms with van der Waals surface area (Å²) in [4.78, 5) is 16.7. The Balaban J connectivity index is 1.32. The summed E-state index contributed by atoms with van der Waals surface area (Å²) in [5, 5.41) is 3.86. The van der Waals surface area contributed by atoms with Crippen LogP contribution in [0.1, 0.15) is 16.1 Å². The number of methoxy groups -OCH3 is 1. The van der Waals surface area contributed by atoms with Crippen molar-refractivity contribution < 1.29 is 18.8 Å². The lowest BCUT2D eigenvalue weighted by atomic mass is 10.2. The molecule has 0 radical (unpaired) electrons. The molecule has 2 heterocycles. The van der Waals surface area contributed by atoms with E-state index in [9.17, 15) is 4.79 Å². The number of amides is 1. The van der Waals surface area contributed by atoms with Gasteiger partial charge in [-0.3, -0.25) is 4.79 Å². The highest BCUT2D eigenvalue weighted by Gasteiger charge is 2.25. The Labute approximate surface area is 169 Å². The fraction of sp³-hybridized carbons (Fsp3) is 0.273. The van der Waals surface area contributed by atoms with E-state index in [-0.39, 0.29) is 11.7 Å². The van der Waals surface area contributed by atoms with Crippen molar-refractivity contribution in [3.63, 3.8) is 0 Å². The molecule has 0 N–H and O–H groups in total. The summed E-state index contributed by atoms with van der Waals surface area (Å²) < 4.78 is 16.1. The second-order valence-corrected chi connectivity index (χ2v) is 6.78. The Kier molecular flexibility index (Phi) is 5.65. The number of anilines is 1. The van der Waals surface area contributed by atoms with Crippen LogP contribution in [0.25, 0.3) is 0 Å². The van der Waals surface area contributed by atoms with Crippen molar-refractivity contribution in [3.05, 3.63) is 72.0 Å². The molecule has 3 aromatic rings. The number of aromatic nitrogens is 1. The Hall–Kier alpha value is -3.48. The molecule has 7 nitrogen and oxygen atoms in total. The molecule has 0 saturated carbocycles.